The molecule has 0 spiro atoms. The third-order valence-corrected chi connectivity index (χ3v) is 2.15. The van der Waals surface area contributed by atoms with Gasteiger partial charge in [-0.05, 0) is 25.1 Å². The van der Waals surface area contributed by atoms with Gasteiger partial charge < -0.3 is 0 Å². The number of pyridine rings is 1. The molecule has 0 bridgehead atoms. The molecule has 0 radical (unpaired) electrons. The van der Waals surface area contributed by atoms with Crippen LogP contribution in [0.1, 0.15) is 12.6 Å². The van der Waals surface area contributed by atoms with Crippen molar-refractivity contribution in [3.05, 3.63) is 35.7 Å². The highest BCUT2D eigenvalue weighted by atomic mass is 16.7. The molecule has 5 nitrogen and oxygen atoms in total. The van der Waals surface area contributed by atoms with E-state index in [1.165, 1.54) is 27.2 Å². The summed E-state index contributed by atoms with van der Waals surface area (Å²) in [4.78, 5) is 32.0. The summed E-state index contributed by atoms with van der Waals surface area (Å²) >= 11 is 0. The van der Waals surface area contributed by atoms with Gasteiger partial charge in [-0.1, -0.05) is 6.07 Å². The molecule has 0 aromatic carbocycles. The number of amides is 1. The van der Waals surface area contributed by atoms with Crippen molar-refractivity contribution in [3.63, 3.8) is 0 Å². The van der Waals surface area contributed by atoms with Gasteiger partial charge in [0.25, 0.3) is 5.91 Å². The zero-order chi connectivity index (χ0) is 12.8. The van der Waals surface area contributed by atoms with Crippen molar-refractivity contribution >= 4 is 17.8 Å². The van der Waals surface area contributed by atoms with Crippen LogP contribution < -0.4 is 0 Å². The summed E-state index contributed by atoms with van der Waals surface area (Å²) in [6.07, 6.45) is 3.04. The van der Waals surface area contributed by atoms with Crippen LogP contribution in [0.5, 0.6) is 0 Å². The molecule has 90 valence electrons. The molecule has 0 atom stereocenters. The average Bonchev–Trinajstić information content (AvgIpc) is 2.35. The lowest BCUT2D eigenvalue weighted by molar-refractivity contribution is -0.164. The van der Waals surface area contributed by atoms with Crippen LogP contribution in [-0.4, -0.2) is 35.9 Å². The van der Waals surface area contributed by atoms with E-state index in [-0.39, 0.29) is 11.4 Å². The maximum absolute atomic E-state index is 11.8. The lowest BCUT2D eigenvalue weighted by Gasteiger charge is -2.14. The van der Waals surface area contributed by atoms with Gasteiger partial charge in [0.15, 0.2) is 5.78 Å². The standard InChI is InChI=1S/C12H14N2O3/c1-9(15)11(12(16)14(2)17-3)8-10-6-4-5-7-13-10/h4-8H,1-3H3/b11-8-. The second-order valence-corrected chi connectivity index (χ2v) is 3.35. The molecule has 1 heterocycles. The van der Waals surface area contributed by atoms with E-state index in [0.717, 1.165) is 5.06 Å². The average molecular weight is 234 g/mol. The van der Waals surface area contributed by atoms with Crippen molar-refractivity contribution in [1.82, 2.24) is 10.0 Å². The first-order valence-corrected chi connectivity index (χ1v) is 5.02. The van der Waals surface area contributed by atoms with Gasteiger partial charge in [-0.3, -0.25) is 19.4 Å². The number of rotatable bonds is 4. The third-order valence-electron chi connectivity index (χ3n) is 2.15. The van der Waals surface area contributed by atoms with E-state index >= 15 is 0 Å². The fraction of sp³-hybridized carbons (Fsp3) is 0.250. The number of likely N-dealkylation sites (N-methyl/N-ethyl adjacent to an activating group) is 1. The second-order valence-electron chi connectivity index (χ2n) is 3.35. The largest absolute Gasteiger partial charge is 0.294 e. The Morgan fingerprint density at radius 3 is 2.59 bits per heavy atom. The Morgan fingerprint density at radius 2 is 2.12 bits per heavy atom. The SMILES string of the molecule is CON(C)C(=O)/C(=C\c1ccccn1)C(C)=O. The topological polar surface area (TPSA) is 59.5 Å². The highest BCUT2D eigenvalue weighted by molar-refractivity contribution is 6.21. The molecule has 0 fully saturated rings. The number of hydrogen-bond donors (Lipinski definition) is 0. The summed E-state index contributed by atoms with van der Waals surface area (Å²) in [7, 11) is 2.80. The minimum atomic E-state index is -0.495. The van der Waals surface area contributed by atoms with Crippen LogP contribution in [0, 0.1) is 0 Å². The van der Waals surface area contributed by atoms with Crippen LogP contribution in [0.2, 0.25) is 0 Å². The fourth-order valence-corrected chi connectivity index (χ4v) is 1.18. The van der Waals surface area contributed by atoms with Crippen LogP contribution in [-0.2, 0) is 14.4 Å². The minimum absolute atomic E-state index is 0.0352. The summed E-state index contributed by atoms with van der Waals surface area (Å²) in [6.45, 7) is 1.33. The fourth-order valence-electron chi connectivity index (χ4n) is 1.18. The number of carbonyl (C=O) groups is 2. The first kappa shape index (κ1) is 13.1. The second kappa shape index (κ2) is 5.91. The number of hydrogen-bond acceptors (Lipinski definition) is 4. The van der Waals surface area contributed by atoms with Crippen molar-refractivity contribution in [2.75, 3.05) is 14.2 Å². The zero-order valence-corrected chi connectivity index (χ0v) is 10.0. The number of hydroxylamine groups is 2. The summed E-state index contributed by atoms with van der Waals surface area (Å²) in [5, 5.41) is 0.996. The van der Waals surface area contributed by atoms with Crippen LogP contribution in [0.3, 0.4) is 0 Å². The lowest BCUT2D eigenvalue weighted by atomic mass is 10.1. The van der Waals surface area contributed by atoms with Gasteiger partial charge in [0.1, 0.15) is 0 Å². The quantitative estimate of drug-likeness (QED) is 0.338. The van der Waals surface area contributed by atoms with Crippen LogP contribution in [0.15, 0.2) is 30.0 Å². The van der Waals surface area contributed by atoms with Crippen molar-refractivity contribution in [2.24, 2.45) is 0 Å². The highest BCUT2D eigenvalue weighted by Crippen LogP contribution is 2.08. The molecule has 17 heavy (non-hydrogen) atoms. The maximum Gasteiger partial charge on any atom is 0.280 e. The Kier molecular flexibility index (Phi) is 4.54. The molecule has 0 aliphatic heterocycles. The van der Waals surface area contributed by atoms with Crippen LogP contribution in [0.4, 0.5) is 0 Å². The molecule has 5 heteroatoms. The van der Waals surface area contributed by atoms with E-state index in [1.54, 1.807) is 24.4 Å². The molecule has 0 N–H and O–H groups in total. The first-order valence-electron chi connectivity index (χ1n) is 5.02. The minimum Gasteiger partial charge on any atom is -0.294 e. The van der Waals surface area contributed by atoms with Gasteiger partial charge in [-0.2, -0.15) is 0 Å². The molecule has 1 aromatic heterocycles. The molecule has 0 saturated carbocycles. The van der Waals surface area contributed by atoms with E-state index in [9.17, 15) is 9.59 Å². The Bertz CT molecular complexity index is 440. The molecule has 1 rings (SSSR count). The summed E-state index contributed by atoms with van der Waals surface area (Å²) < 4.78 is 0. The molecule has 1 aromatic rings. The van der Waals surface area contributed by atoms with E-state index < -0.39 is 5.91 Å². The zero-order valence-electron chi connectivity index (χ0n) is 10.0. The monoisotopic (exact) mass is 234 g/mol. The Morgan fingerprint density at radius 1 is 1.41 bits per heavy atom. The lowest BCUT2D eigenvalue weighted by Crippen LogP contribution is -2.29. The predicted molar refractivity (Wildman–Crippen MR) is 62.7 cm³/mol. The normalized spacial score (nSPS) is 11.1. The number of nitrogens with zero attached hydrogens (tertiary/aromatic N) is 2. The van der Waals surface area contributed by atoms with Gasteiger partial charge in [0.05, 0.1) is 18.4 Å². The van der Waals surface area contributed by atoms with Crippen molar-refractivity contribution in [1.29, 1.82) is 0 Å². The molecule has 0 aliphatic carbocycles. The first-order chi connectivity index (χ1) is 8.06. The number of ketones is 1. The molecule has 0 saturated heterocycles. The van der Waals surface area contributed by atoms with Gasteiger partial charge in [-0.15, -0.1) is 0 Å². The molecular formula is C12H14N2O3. The maximum atomic E-state index is 11.8. The third kappa shape index (κ3) is 3.49. The van der Waals surface area contributed by atoms with E-state index in [2.05, 4.69) is 4.98 Å². The number of carbonyl (C=O) groups excluding carboxylic acids is 2. The van der Waals surface area contributed by atoms with Gasteiger partial charge >= 0.3 is 0 Å². The summed E-state index contributed by atoms with van der Waals surface area (Å²) in [5.74, 6) is -0.824. The number of aromatic nitrogens is 1. The van der Waals surface area contributed by atoms with E-state index in [4.69, 9.17) is 4.84 Å². The molecular weight excluding hydrogens is 220 g/mol. The molecule has 0 unspecified atom stereocenters. The Labute approximate surface area is 99.7 Å². The smallest absolute Gasteiger partial charge is 0.280 e. The van der Waals surface area contributed by atoms with Gasteiger partial charge in [0, 0.05) is 13.2 Å². The Hall–Kier alpha value is -2.01. The number of Topliss-reactive ketones (excluding diaryl/α,β-unsaturated/α-hetero) is 1. The predicted octanol–water partition coefficient (Wildman–Crippen LogP) is 1.07. The van der Waals surface area contributed by atoms with Gasteiger partial charge in [0.2, 0.25) is 0 Å². The van der Waals surface area contributed by atoms with Crippen LogP contribution >= 0.6 is 0 Å². The van der Waals surface area contributed by atoms with Crippen molar-refractivity contribution in [2.45, 2.75) is 6.92 Å². The van der Waals surface area contributed by atoms with Gasteiger partial charge in [-0.25, -0.2) is 5.06 Å². The van der Waals surface area contributed by atoms with Crippen LogP contribution in [0.25, 0.3) is 6.08 Å². The van der Waals surface area contributed by atoms with Crippen molar-refractivity contribution < 1.29 is 14.4 Å². The Balaban J connectivity index is 3.06. The summed E-state index contributed by atoms with van der Waals surface area (Å²) in [6, 6.07) is 5.25. The summed E-state index contributed by atoms with van der Waals surface area (Å²) in [5.41, 5.74) is 0.587. The highest BCUT2D eigenvalue weighted by Gasteiger charge is 2.18. The van der Waals surface area contributed by atoms with Crippen molar-refractivity contribution in [3.8, 4) is 0 Å². The van der Waals surface area contributed by atoms with E-state index in [0.29, 0.717) is 5.69 Å². The van der Waals surface area contributed by atoms with E-state index in [1.807, 2.05) is 0 Å². The molecule has 1 amide bonds. The molecule has 0 aliphatic rings.